The summed E-state index contributed by atoms with van der Waals surface area (Å²) in [6, 6.07) is 6.36. The Labute approximate surface area is 110 Å². The molecule has 1 aliphatic heterocycles. The summed E-state index contributed by atoms with van der Waals surface area (Å²) >= 11 is 3.47. The normalized spacial score (nSPS) is 17.6. The maximum absolute atomic E-state index is 11.2. The molecule has 1 fully saturated rings. The molecule has 3 nitrogen and oxygen atoms in total. The van der Waals surface area contributed by atoms with Crippen molar-refractivity contribution in [1.29, 1.82) is 0 Å². The minimum atomic E-state index is 0.167. The lowest BCUT2D eigenvalue weighted by Gasteiger charge is -2.20. The number of aryl methyl sites for hydroxylation is 1. The van der Waals surface area contributed by atoms with Gasteiger partial charge in [-0.1, -0.05) is 22.0 Å². The molecule has 1 N–H and O–H groups in total. The summed E-state index contributed by atoms with van der Waals surface area (Å²) in [4.78, 5) is 13.6. The molecule has 1 aliphatic rings. The highest BCUT2D eigenvalue weighted by Crippen LogP contribution is 2.17. The summed E-state index contributed by atoms with van der Waals surface area (Å²) < 4.78 is 1.12. The van der Waals surface area contributed by atoms with Crippen LogP contribution in [0.25, 0.3) is 0 Å². The molecule has 2 rings (SSSR count). The van der Waals surface area contributed by atoms with Crippen molar-refractivity contribution in [2.45, 2.75) is 19.9 Å². The highest BCUT2D eigenvalue weighted by molar-refractivity contribution is 9.10. The summed E-state index contributed by atoms with van der Waals surface area (Å²) in [5.41, 5.74) is 2.63. The fourth-order valence-electron chi connectivity index (χ4n) is 2.05. The zero-order chi connectivity index (χ0) is 12.3. The molecule has 0 unspecified atom stereocenters. The minimum Gasteiger partial charge on any atom is -0.355 e. The van der Waals surface area contributed by atoms with Crippen LogP contribution in [0.4, 0.5) is 0 Å². The van der Waals surface area contributed by atoms with E-state index < -0.39 is 0 Å². The van der Waals surface area contributed by atoms with Crippen molar-refractivity contribution in [3.8, 4) is 0 Å². The second-order valence-electron chi connectivity index (χ2n) is 4.45. The number of hydrogen-bond donors (Lipinski definition) is 1. The number of carbonyl (C=O) groups is 1. The Morgan fingerprint density at radius 1 is 1.41 bits per heavy atom. The highest BCUT2D eigenvalue weighted by Gasteiger charge is 2.14. The maximum Gasteiger partial charge on any atom is 0.221 e. The van der Waals surface area contributed by atoms with E-state index in [1.807, 2.05) is 0 Å². The van der Waals surface area contributed by atoms with E-state index in [1.54, 1.807) is 0 Å². The van der Waals surface area contributed by atoms with Crippen LogP contribution in [0.5, 0.6) is 0 Å². The van der Waals surface area contributed by atoms with Gasteiger partial charge in [-0.2, -0.15) is 0 Å². The topological polar surface area (TPSA) is 32.3 Å². The Bertz CT molecular complexity index is 420. The van der Waals surface area contributed by atoms with Gasteiger partial charge in [0.15, 0.2) is 0 Å². The first-order valence-corrected chi connectivity index (χ1v) is 6.68. The second kappa shape index (κ2) is 5.65. The molecule has 92 valence electrons. The first-order chi connectivity index (χ1) is 8.15. The molecule has 1 aromatic carbocycles. The van der Waals surface area contributed by atoms with Crippen LogP contribution in [0.15, 0.2) is 22.7 Å². The van der Waals surface area contributed by atoms with Gasteiger partial charge in [-0.25, -0.2) is 0 Å². The number of hydrogen-bond acceptors (Lipinski definition) is 2. The van der Waals surface area contributed by atoms with Gasteiger partial charge in [0.25, 0.3) is 0 Å². The van der Waals surface area contributed by atoms with Crippen molar-refractivity contribution in [3.63, 3.8) is 0 Å². The number of nitrogens with zero attached hydrogens (tertiary/aromatic N) is 1. The van der Waals surface area contributed by atoms with Crippen molar-refractivity contribution in [3.05, 3.63) is 33.8 Å². The third-order valence-electron chi connectivity index (χ3n) is 3.10. The number of carbonyl (C=O) groups excluding carboxylic acids is 1. The number of nitrogens with one attached hydrogen (secondary N) is 1. The molecule has 0 aliphatic carbocycles. The van der Waals surface area contributed by atoms with Crippen molar-refractivity contribution in [2.75, 3.05) is 19.6 Å². The van der Waals surface area contributed by atoms with Gasteiger partial charge in [-0.05, 0) is 30.2 Å². The number of rotatable bonds is 2. The molecular formula is C13H17BrN2O. The highest BCUT2D eigenvalue weighted by atomic mass is 79.9. The van der Waals surface area contributed by atoms with Crippen LogP contribution < -0.4 is 5.32 Å². The molecule has 1 saturated heterocycles. The lowest BCUT2D eigenvalue weighted by Crippen LogP contribution is -2.28. The largest absolute Gasteiger partial charge is 0.355 e. The summed E-state index contributed by atoms with van der Waals surface area (Å²) in [6.45, 7) is 5.59. The monoisotopic (exact) mass is 296 g/mol. The minimum absolute atomic E-state index is 0.167. The van der Waals surface area contributed by atoms with Crippen LogP contribution in [0, 0.1) is 6.92 Å². The van der Waals surface area contributed by atoms with E-state index in [2.05, 4.69) is 51.3 Å². The molecular weight excluding hydrogens is 280 g/mol. The van der Waals surface area contributed by atoms with Gasteiger partial charge in [-0.15, -0.1) is 0 Å². The van der Waals surface area contributed by atoms with Crippen molar-refractivity contribution < 1.29 is 4.79 Å². The van der Waals surface area contributed by atoms with Crippen LogP contribution in [-0.4, -0.2) is 30.4 Å². The molecule has 1 aromatic rings. The standard InChI is InChI=1S/C13H17BrN2O/c1-10-8-12(14)3-2-11(10)9-16-6-4-13(17)15-5-7-16/h2-3,8H,4-7,9H2,1H3,(H,15,17). The summed E-state index contributed by atoms with van der Waals surface area (Å²) in [5.74, 6) is 0.167. The lowest BCUT2D eigenvalue weighted by atomic mass is 10.1. The second-order valence-corrected chi connectivity index (χ2v) is 5.36. The van der Waals surface area contributed by atoms with Gasteiger partial charge >= 0.3 is 0 Å². The SMILES string of the molecule is Cc1cc(Br)ccc1CN1CCNC(=O)CC1. The summed E-state index contributed by atoms with van der Waals surface area (Å²) in [7, 11) is 0. The first kappa shape index (κ1) is 12.6. The van der Waals surface area contributed by atoms with Crippen molar-refractivity contribution in [1.82, 2.24) is 10.2 Å². The van der Waals surface area contributed by atoms with E-state index in [9.17, 15) is 4.79 Å². The predicted molar refractivity (Wildman–Crippen MR) is 71.8 cm³/mol. The average Bonchev–Trinajstić information content (AvgIpc) is 2.48. The van der Waals surface area contributed by atoms with E-state index in [0.717, 1.165) is 30.7 Å². The Kier molecular flexibility index (Phi) is 4.18. The molecule has 4 heteroatoms. The molecule has 0 aromatic heterocycles. The quantitative estimate of drug-likeness (QED) is 0.906. The van der Waals surface area contributed by atoms with Crippen LogP contribution in [-0.2, 0) is 11.3 Å². The molecule has 0 atom stereocenters. The molecule has 1 heterocycles. The van der Waals surface area contributed by atoms with E-state index in [1.165, 1.54) is 11.1 Å². The fraction of sp³-hybridized carbons (Fsp3) is 0.462. The molecule has 0 radical (unpaired) electrons. The van der Waals surface area contributed by atoms with Crippen molar-refractivity contribution >= 4 is 21.8 Å². The molecule has 0 bridgehead atoms. The van der Waals surface area contributed by atoms with Crippen LogP contribution in [0.1, 0.15) is 17.5 Å². The van der Waals surface area contributed by atoms with Gasteiger partial charge in [-0.3, -0.25) is 9.69 Å². The molecule has 1 amide bonds. The van der Waals surface area contributed by atoms with Gasteiger partial charge in [0.05, 0.1) is 0 Å². The van der Waals surface area contributed by atoms with Gasteiger partial charge in [0.2, 0.25) is 5.91 Å². The Morgan fingerprint density at radius 3 is 3.00 bits per heavy atom. The number of benzene rings is 1. The first-order valence-electron chi connectivity index (χ1n) is 5.89. The Morgan fingerprint density at radius 2 is 2.24 bits per heavy atom. The van der Waals surface area contributed by atoms with E-state index >= 15 is 0 Å². The smallest absolute Gasteiger partial charge is 0.221 e. The summed E-state index contributed by atoms with van der Waals surface area (Å²) in [5, 5.41) is 2.90. The molecule has 17 heavy (non-hydrogen) atoms. The van der Waals surface area contributed by atoms with E-state index in [4.69, 9.17) is 0 Å². The zero-order valence-corrected chi connectivity index (χ0v) is 11.6. The van der Waals surface area contributed by atoms with Crippen LogP contribution >= 0.6 is 15.9 Å². The summed E-state index contributed by atoms with van der Waals surface area (Å²) in [6.07, 6.45) is 0.607. The average molecular weight is 297 g/mol. The third-order valence-corrected chi connectivity index (χ3v) is 3.60. The Balaban J connectivity index is 2.02. The van der Waals surface area contributed by atoms with Gasteiger partial charge < -0.3 is 5.32 Å². The fourth-order valence-corrected chi connectivity index (χ4v) is 2.52. The number of halogens is 1. The van der Waals surface area contributed by atoms with E-state index in [-0.39, 0.29) is 5.91 Å². The zero-order valence-electron chi connectivity index (χ0n) is 10.0. The van der Waals surface area contributed by atoms with Crippen LogP contribution in [0.2, 0.25) is 0 Å². The van der Waals surface area contributed by atoms with Gasteiger partial charge in [0, 0.05) is 37.1 Å². The van der Waals surface area contributed by atoms with Crippen LogP contribution in [0.3, 0.4) is 0 Å². The van der Waals surface area contributed by atoms with E-state index in [0.29, 0.717) is 6.42 Å². The maximum atomic E-state index is 11.2. The lowest BCUT2D eigenvalue weighted by molar-refractivity contribution is -0.120. The predicted octanol–water partition coefficient (Wildman–Crippen LogP) is 2.08. The number of amides is 1. The third kappa shape index (κ3) is 3.54. The van der Waals surface area contributed by atoms with Crippen molar-refractivity contribution in [2.24, 2.45) is 0 Å². The Hall–Kier alpha value is -0.870. The molecule has 0 spiro atoms. The molecule has 0 saturated carbocycles. The van der Waals surface area contributed by atoms with Gasteiger partial charge in [0.1, 0.15) is 0 Å².